The van der Waals surface area contributed by atoms with E-state index in [1.807, 2.05) is 0 Å². The lowest BCUT2D eigenvalue weighted by atomic mass is 10.1. The minimum absolute atomic E-state index is 0.00918. The third-order valence-electron chi connectivity index (χ3n) is 4.40. The van der Waals surface area contributed by atoms with E-state index in [0.29, 0.717) is 28.2 Å². The molecule has 168 valence electrons. The number of aromatic nitrogens is 3. The van der Waals surface area contributed by atoms with Gasteiger partial charge >= 0.3 is 0 Å². The van der Waals surface area contributed by atoms with E-state index < -0.39 is 17.2 Å². The number of alkyl halides is 2. The van der Waals surface area contributed by atoms with E-state index in [4.69, 9.17) is 9.47 Å². The van der Waals surface area contributed by atoms with Gasteiger partial charge < -0.3 is 9.47 Å². The number of hydrogen-bond acceptors (Lipinski definition) is 8. The smallest absolute Gasteiger partial charge is 0.299 e. The summed E-state index contributed by atoms with van der Waals surface area (Å²) in [6, 6.07) is 9.65. The lowest BCUT2D eigenvalue weighted by Crippen LogP contribution is -2.02. The van der Waals surface area contributed by atoms with Crippen LogP contribution in [-0.2, 0) is 6.61 Å². The highest BCUT2D eigenvalue weighted by atomic mass is 32.2. The lowest BCUT2D eigenvalue weighted by molar-refractivity contribution is -0.385. The quantitative estimate of drug-likeness (QED) is 0.197. The zero-order valence-electron chi connectivity index (χ0n) is 17.4. The normalized spacial score (nSPS) is 11.3. The molecular formula is C20H19F2N5O4S. The van der Waals surface area contributed by atoms with E-state index in [-0.39, 0.29) is 17.5 Å². The minimum atomic E-state index is -2.81. The van der Waals surface area contributed by atoms with Crippen LogP contribution in [0.25, 0.3) is 0 Å². The van der Waals surface area contributed by atoms with E-state index in [1.54, 1.807) is 37.4 Å². The fourth-order valence-electron chi connectivity index (χ4n) is 2.85. The van der Waals surface area contributed by atoms with Crippen LogP contribution in [0.1, 0.15) is 28.9 Å². The maximum absolute atomic E-state index is 13.1. The van der Waals surface area contributed by atoms with Crippen molar-refractivity contribution in [3.8, 4) is 11.5 Å². The molecule has 0 spiro atoms. The summed E-state index contributed by atoms with van der Waals surface area (Å²) in [7, 11) is 1.51. The second-order valence-electron chi connectivity index (χ2n) is 6.47. The minimum Gasteiger partial charge on any atom is -0.496 e. The second kappa shape index (κ2) is 10.2. The van der Waals surface area contributed by atoms with Crippen molar-refractivity contribution in [2.24, 2.45) is 5.10 Å². The summed E-state index contributed by atoms with van der Waals surface area (Å²) < 4.78 is 38.4. The maximum atomic E-state index is 13.1. The Kier molecular flexibility index (Phi) is 7.36. The number of nitrogens with zero attached hydrogens (tertiary/aromatic N) is 5. The predicted octanol–water partition coefficient (Wildman–Crippen LogP) is 4.62. The number of aryl methyl sites for hydroxylation is 1. The average molecular weight is 463 g/mol. The van der Waals surface area contributed by atoms with Crippen molar-refractivity contribution in [1.29, 1.82) is 0 Å². The number of nitro groups is 1. The molecule has 0 radical (unpaired) electrons. The summed E-state index contributed by atoms with van der Waals surface area (Å²) >= 11 is 1.15. The van der Waals surface area contributed by atoms with Gasteiger partial charge in [0.1, 0.15) is 18.1 Å². The Morgan fingerprint density at radius 1 is 1.28 bits per heavy atom. The Hall–Kier alpha value is -3.54. The van der Waals surface area contributed by atoms with E-state index in [0.717, 1.165) is 16.4 Å². The Morgan fingerprint density at radius 2 is 2.06 bits per heavy atom. The van der Waals surface area contributed by atoms with Crippen molar-refractivity contribution in [2.75, 3.05) is 13.4 Å². The van der Waals surface area contributed by atoms with Crippen molar-refractivity contribution in [3.63, 3.8) is 0 Å². The summed E-state index contributed by atoms with van der Waals surface area (Å²) in [5.74, 6) is 0.476. The lowest BCUT2D eigenvalue weighted by Gasteiger charge is -2.12. The van der Waals surface area contributed by atoms with Gasteiger partial charge in [-0.05, 0) is 49.1 Å². The van der Waals surface area contributed by atoms with Crippen LogP contribution in [0.4, 0.5) is 14.5 Å². The van der Waals surface area contributed by atoms with Gasteiger partial charge in [-0.3, -0.25) is 10.1 Å². The first-order chi connectivity index (χ1) is 15.3. The predicted molar refractivity (Wildman–Crippen MR) is 115 cm³/mol. The molecule has 0 atom stereocenters. The summed E-state index contributed by atoms with van der Waals surface area (Å²) in [5.41, 5.74) is 1.78. The number of ether oxygens (including phenoxy) is 2. The zero-order valence-corrected chi connectivity index (χ0v) is 18.2. The Labute approximate surface area is 186 Å². The molecule has 0 saturated heterocycles. The van der Waals surface area contributed by atoms with Crippen LogP contribution >= 0.6 is 11.8 Å². The van der Waals surface area contributed by atoms with Gasteiger partial charge in [-0.15, -0.1) is 10.2 Å². The largest absolute Gasteiger partial charge is 0.496 e. The molecule has 2 aromatic carbocycles. The van der Waals surface area contributed by atoms with Crippen molar-refractivity contribution in [1.82, 2.24) is 14.9 Å². The molecule has 3 aromatic rings. The van der Waals surface area contributed by atoms with Crippen LogP contribution in [0, 0.1) is 17.0 Å². The van der Waals surface area contributed by atoms with Gasteiger partial charge in [0.2, 0.25) is 11.0 Å². The molecule has 1 heterocycles. The van der Waals surface area contributed by atoms with Gasteiger partial charge in [0.15, 0.2) is 0 Å². The first-order valence-electron chi connectivity index (χ1n) is 9.20. The molecule has 32 heavy (non-hydrogen) atoms. The van der Waals surface area contributed by atoms with E-state index in [1.165, 1.54) is 25.5 Å². The molecule has 0 N–H and O–H groups in total. The number of rotatable bonds is 9. The Bertz CT molecular complexity index is 1150. The van der Waals surface area contributed by atoms with Crippen LogP contribution in [0.15, 0.2) is 46.7 Å². The monoisotopic (exact) mass is 463 g/mol. The average Bonchev–Trinajstić information content (AvgIpc) is 3.19. The summed E-state index contributed by atoms with van der Waals surface area (Å²) in [6.45, 7) is 1.75. The zero-order chi connectivity index (χ0) is 23.3. The van der Waals surface area contributed by atoms with Gasteiger partial charge in [-0.25, -0.2) is 8.78 Å². The fraction of sp³-hybridized carbons (Fsp3) is 0.250. The van der Waals surface area contributed by atoms with Gasteiger partial charge in [0.25, 0.3) is 12.1 Å². The number of benzene rings is 2. The molecule has 0 unspecified atom stereocenters. The molecule has 12 heteroatoms. The summed E-state index contributed by atoms with van der Waals surface area (Å²) in [4.78, 5) is 10.5. The molecule has 0 aliphatic carbocycles. The van der Waals surface area contributed by atoms with Gasteiger partial charge in [-0.2, -0.15) is 9.78 Å². The van der Waals surface area contributed by atoms with Crippen LogP contribution in [0.5, 0.6) is 11.5 Å². The van der Waals surface area contributed by atoms with Crippen molar-refractivity contribution >= 4 is 23.7 Å². The highest BCUT2D eigenvalue weighted by molar-refractivity contribution is 7.98. The van der Waals surface area contributed by atoms with Crippen molar-refractivity contribution in [2.45, 2.75) is 25.1 Å². The van der Waals surface area contributed by atoms with Gasteiger partial charge in [-0.1, -0.05) is 11.8 Å². The van der Waals surface area contributed by atoms with Crippen molar-refractivity contribution < 1.29 is 23.2 Å². The highest BCUT2D eigenvalue weighted by Crippen LogP contribution is 2.26. The molecule has 1 aromatic heterocycles. The van der Waals surface area contributed by atoms with Crippen molar-refractivity contribution in [3.05, 3.63) is 69.0 Å². The standard InChI is InChI=1S/C20H19F2N5O4S/c1-12-8-15(5-6-16(12)27(28)29)31-11-14-9-13(4-7-17(14)30-2)10-23-26-19(18(21)22)24-25-20(26)32-3/h4-10,18H,11H2,1-3H3. The highest BCUT2D eigenvalue weighted by Gasteiger charge is 2.19. The number of halogens is 2. The number of methoxy groups -OCH3 is 1. The molecule has 9 nitrogen and oxygen atoms in total. The third kappa shape index (κ3) is 5.19. The van der Waals surface area contributed by atoms with E-state index in [2.05, 4.69) is 15.3 Å². The molecule has 0 saturated carbocycles. The number of nitro benzene ring substituents is 1. The number of thioether (sulfide) groups is 1. The summed E-state index contributed by atoms with van der Waals surface area (Å²) in [5, 5.41) is 22.5. The molecule has 0 aliphatic heterocycles. The molecule has 3 rings (SSSR count). The van der Waals surface area contributed by atoms with Crippen LogP contribution in [-0.4, -0.2) is 39.4 Å². The van der Waals surface area contributed by atoms with Crippen LogP contribution in [0.2, 0.25) is 0 Å². The molecular weight excluding hydrogens is 444 g/mol. The van der Waals surface area contributed by atoms with Gasteiger partial charge in [0, 0.05) is 17.2 Å². The Morgan fingerprint density at radius 3 is 2.69 bits per heavy atom. The summed E-state index contributed by atoms with van der Waals surface area (Å²) in [6.07, 6.45) is 0.285. The molecule has 0 amide bonds. The fourth-order valence-corrected chi connectivity index (χ4v) is 3.28. The molecule has 0 bridgehead atoms. The SMILES string of the molecule is COc1ccc(C=Nn2c(SC)nnc2C(F)F)cc1COc1ccc([N+](=O)[O-])c(C)c1. The van der Waals surface area contributed by atoms with Gasteiger partial charge in [0.05, 0.1) is 18.2 Å². The Balaban J connectivity index is 1.82. The first kappa shape index (κ1) is 23.1. The second-order valence-corrected chi connectivity index (χ2v) is 7.24. The number of hydrogen-bond donors (Lipinski definition) is 0. The topological polar surface area (TPSA) is 105 Å². The molecule has 0 aliphatic rings. The van der Waals surface area contributed by atoms with E-state index >= 15 is 0 Å². The maximum Gasteiger partial charge on any atom is 0.299 e. The van der Waals surface area contributed by atoms with E-state index in [9.17, 15) is 18.9 Å². The third-order valence-corrected chi connectivity index (χ3v) is 5.02. The van der Waals surface area contributed by atoms with Crippen LogP contribution < -0.4 is 9.47 Å². The molecule has 0 fully saturated rings. The first-order valence-corrected chi connectivity index (χ1v) is 10.4. The van der Waals surface area contributed by atoms with Crippen LogP contribution in [0.3, 0.4) is 0 Å².